The fourth-order valence-electron chi connectivity index (χ4n) is 6.05. The number of piperazine rings is 1. The van der Waals surface area contributed by atoms with Gasteiger partial charge in [0.1, 0.15) is 27.8 Å². The monoisotopic (exact) mass is 591 g/mol. The highest BCUT2D eigenvalue weighted by Gasteiger charge is 2.30. The van der Waals surface area contributed by atoms with Crippen LogP contribution >= 0.6 is 0 Å². The summed E-state index contributed by atoms with van der Waals surface area (Å²) in [7, 11) is -3.06. The average molecular weight is 592 g/mol. The number of fused-ring (bicyclic) bond motifs is 1. The van der Waals surface area contributed by atoms with E-state index in [4.69, 9.17) is 0 Å². The molecule has 0 radical (unpaired) electrons. The van der Waals surface area contributed by atoms with Gasteiger partial charge in [-0.15, -0.1) is 0 Å². The fourth-order valence-corrected chi connectivity index (χ4v) is 7.12. The summed E-state index contributed by atoms with van der Waals surface area (Å²) in [5.74, 6) is 0.222. The molecule has 5 heterocycles. The third kappa shape index (κ3) is 5.67. The number of pyridine rings is 1. The maximum atomic E-state index is 14.5. The number of piperidine rings is 1. The second-order valence-corrected chi connectivity index (χ2v) is 13.5. The van der Waals surface area contributed by atoms with Gasteiger partial charge in [0.2, 0.25) is 11.9 Å². The normalized spacial score (nSPS) is 18.5. The Balaban J connectivity index is 1.15. The molecule has 1 unspecified atom stereocenters. The van der Waals surface area contributed by atoms with Crippen molar-refractivity contribution in [3.8, 4) is 11.1 Å². The van der Waals surface area contributed by atoms with Crippen LogP contribution in [0.15, 0.2) is 61.2 Å². The molecule has 10 nitrogen and oxygen atoms in total. The summed E-state index contributed by atoms with van der Waals surface area (Å²) in [5.41, 5.74) is 3.03. The Morgan fingerprint density at radius 3 is 2.48 bits per heavy atom. The first-order valence-corrected chi connectivity index (χ1v) is 16.1. The second kappa shape index (κ2) is 11.3. The van der Waals surface area contributed by atoms with Gasteiger partial charge in [-0.25, -0.2) is 27.8 Å². The van der Waals surface area contributed by atoms with Crippen LogP contribution in [0.1, 0.15) is 19.8 Å². The SMILES string of the molecule is CC1CN(c2ccc(F)cc2-c2cnc(N3CCC(S(C)(=O)=O)CC3)nc2)CCN1C(=O)Cn1ccc2cccnc21. The van der Waals surface area contributed by atoms with Crippen LogP contribution < -0.4 is 9.80 Å². The van der Waals surface area contributed by atoms with E-state index in [1.165, 1.54) is 18.4 Å². The van der Waals surface area contributed by atoms with E-state index in [-0.39, 0.29) is 29.6 Å². The maximum absolute atomic E-state index is 14.5. The molecule has 220 valence electrons. The fraction of sp³-hybridized carbons (Fsp3) is 0.400. The van der Waals surface area contributed by atoms with Crippen molar-refractivity contribution in [1.29, 1.82) is 0 Å². The lowest BCUT2D eigenvalue weighted by Crippen LogP contribution is -2.54. The lowest BCUT2D eigenvalue weighted by atomic mass is 10.0. The van der Waals surface area contributed by atoms with Crippen molar-refractivity contribution >= 4 is 38.4 Å². The van der Waals surface area contributed by atoms with Gasteiger partial charge in [-0.3, -0.25) is 4.79 Å². The molecule has 6 rings (SSSR count). The minimum atomic E-state index is -3.06. The van der Waals surface area contributed by atoms with E-state index in [0.29, 0.717) is 62.6 Å². The lowest BCUT2D eigenvalue weighted by Gasteiger charge is -2.41. The first-order chi connectivity index (χ1) is 20.2. The van der Waals surface area contributed by atoms with E-state index >= 15 is 0 Å². The summed E-state index contributed by atoms with van der Waals surface area (Å²) in [6, 6.07) is 10.5. The van der Waals surface area contributed by atoms with Crippen molar-refractivity contribution in [3.05, 3.63) is 67.0 Å². The molecular weight excluding hydrogens is 557 g/mol. The number of nitrogens with zero attached hydrogens (tertiary/aromatic N) is 7. The van der Waals surface area contributed by atoms with Crippen molar-refractivity contribution < 1.29 is 17.6 Å². The Bertz CT molecular complexity index is 1700. The van der Waals surface area contributed by atoms with Gasteiger partial charge in [-0.1, -0.05) is 0 Å². The Kier molecular flexibility index (Phi) is 7.56. The molecular formula is C30H34FN7O3S. The van der Waals surface area contributed by atoms with Gasteiger partial charge >= 0.3 is 0 Å². The molecule has 4 aromatic rings. The highest BCUT2D eigenvalue weighted by atomic mass is 32.2. The number of benzene rings is 1. The van der Waals surface area contributed by atoms with Crippen LogP contribution in [0.3, 0.4) is 0 Å². The quantitative estimate of drug-likeness (QED) is 0.336. The van der Waals surface area contributed by atoms with E-state index in [1.54, 1.807) is 24.7 Å². The van der Waals surface area contributed by atoms with Gasteiger partial charge in [0.05, 0.1) is 5.25 Å². The van der Waals surface area contributed by atoms with Crippen LogP contribution in [-0.4, -0.2) is 89.0 Å². The van der Waals surface area contributed by atoms with E-state index < -0.39 is 9.84 Å². The van der Waals surface area contributed by atoms with Gasteiger partial charge in [0.15, 0.2) is 0 Å². The number of rotatable bonds is 6. The summed E-state index contributed by atoms with van der Waals surface area (Å²) >= 11 is 0. The number of halogens is 1. The minimum Gasteiger partial charge on any atom is -0.367 e. The molecule has 12 heteroatoms. The Labute approximate surface area is 244 Å². The predicted octanol–water partition coefficient (Wildman–Crippen LogP) is 3.38. The summed E-state index contributed by atoms with van der Waals surface area (Å²) in [4.78, 5) is 32.9. The third-order valence-electron chi connectivity index (χ3n) is 8.36. The summed E-state index contributed by atoms with van der Waals surface area (Å²) < 4.78 is 40.1. The number of hydrogen-bond acceptors (Lipinski definition) is 8. The van der Waals surface area contributed by atoms with Gasteiger partial charge in [-0.2, -0.15) is 0 Å². The summed E-state index contributed by atoms with van der Waals surface area (Å²) in [6.07, 6.45) is 9.40. The number of carbonyl (C=O) groups is 1. The zero-order chi connectivity index (χ0) is 29.4. The highest BCUT2D eigenvalue weighted by molar-refractivity contribution is 7.91. The Hall–Kier alpha value is -4.06. The molecule has 2 fully saturated rings. The van der Waals surface area contributed by atoms with E-state index in [1.807, 2.05) is 45.7 Å². The predicted molar refractivity (Wildman–Crippen MR) is 161 cm³/mol. The van der Waals surface area contributed by atoms with Crippen molar-refractivity contribution in [2.75, 3.05) is 48.8 Å². The lowest BCUT2D eigenvalue weighted by molar-refractivity contribution is -0.134. The van der Waals surface area contributed by atoms with Crippen LogP contribution in [0.4, 0.5) is 16.0 Å². The topological polar surface area (TPSA) is 105 Å². The third-order valence-corrected chi connectivity index (χ3v) is 10.0. The molecule has 2 saturated heterocycles. The van der Waals surface area contributed by atoms with Crippen molar-refractivity contribution in [1.82, 2.24) is 24.4 Å². The molecule has 1 amide bonds. The van der Waals surface area contributed by atoms with Gasteiger partial charge in [-0.05, 0) is 56.2 Å². The zero-order valence-corrected chi connectivity index (χ0v) is 24.5. The Morgan fingerprint density at radius 1 is 1.00 bits per heavy atom. The number of sulfone groups is 1. The number of carbonyl (C=O) groups excluding carboxylic acids is 1. The second-order valence-electron chi connectivity index (χ2n) is 11.2. The molecule has 1 atom stereocenters. The molecule has 0 aliphatic carbocycles. The number of anilines is 2. The van der Waals surface area contributed by atoms with Crippen LogP contribution in [0.25, 0.3) is 22.2 Å². The van der Waals surface area contributed by atoms with Gasteiger partial charge < -0.3 is 19.3 Å². The van der Waals surface area contributed by atoms with E-state index in [9.17, 15) is 17.6 Å². The molecule has 0 spiro atoms. The number of aromatic nitrogens is 4. The molecule has 42 heavy (non-hydrogen) atoms. The molecule has 0 saturated carbocycles. The van der Waals surface area contributed by atoms with E-state index in [0.717, 1.165) is 16.7 Å². The first-order valence-electron chi connectivity index (χ1n) is 14.2. The number of hydrogen-bond donors (Lipinski definition) is 0. The van der Waals surface area contributed by atoms with Crippen molar-refractivity contribution in [2.24, 2.45) is 0 Å². The zero-order valence-electron chi connectivity index (χ0n) is 23.7. The van der Waals surface area contributed by atoms with E-state index in [2.05, 4.69) is 19.9 Å². The molecule has 2 aliphatic rings. The smallest absolute Gasteiger partial charge is 0.242 e. The Morgan fingerprint density at radius 2 is 1.76 bits per heavy atom. The van der Waals surface area contributed by atoms with Crippen molar-refractivity contribution in [3.63, 3.8) is 0 Å². The standard InChI is InChI=1S/C30H34FN7O3S/c1-21-19-36(14-15-38(21)28(39)20-37-11-7-22-4-3-10-32-29(22)37)27-6-5-24(31)16-26(27)23-17-33-30(34-18-23)35-12-8-25(9-13-35)42(2,40)41/h3-7,10-11,16-18,21,25H,8-9,12-15,19-20H2,1-2H3. The minimum absolute atomic E-state index is 0.0363. The van der Waals surface area contributed by atoms with Crippen LogP contribution in [-0.2, 0) is 21.2 Å². The highest BCUT2D eigenvalue weighted by Crippen LogP contribution is 2.33. The maximum Gasteiger partial charge on any atom is 0.242 e. The van der Waals surface area contributed by atoms with Crippen LogP contribution in [0.2, 0.25) is 0 Å². The molecule has 3 aromatic heterocycles. The molecule has 2 aliphatic heterocycles. The first kappa shape index (κ1) is 28.1. The van der Waals surface area contributed by atoms with Gasteiger partial charge in [0, 0.05) is 92.0 Å². The molecule has 0 N–H and O–H groups in total. The van der Waals surface area contributed by atoms with Crippen LogP contribution in [0, 0.1) is 5.82 Å². The molecule has 0 bridgehead atoms. The summed E-state index contributed by atoms with van der Waals surface area (Å²) in [6.45, 7) is 5.14. The average Bonchev–Trinajstić information content (AvgIpc) is 3.39. The number of amides is 1. The van der Waals surface area contributed by atoms with Crippen LogP contribution in [0.5, 0.6) is 0 Å². The largest absolute Gasteiger partial charge is 0.367 e. The van der Waals surface area contributed by atoms with Gasteiger partial charge in [0.25, 0.3) is 0 Å². The molecule has 1 aromatic carbocycles. The van der Waals surface area contributed by atoms with Crippen molar-refractivity contribution in [2.45, 2.75) is 37.6 Å². The summed E-state index contributed by atoms with van der Waals surface area (Å²) in [5, 5.41) is 0.673.